The first-order valence-electron chi connectivity index (χ1n) is 5.96. The van der Waals surface area contributed by atoms with Crippen LogP contribution in [0.2, 0.25) is 0 Å². The molecule has 0 radical (unpaired) electrons. The summed E-state index contributed by atoms with van der Waals surface area (Å²) in [6, 6.07) is 4.28. The average molecular weight is 237 g/mol. The zero-order valence-corrected chi connectivity index (χ0v) is 11.2. The van der Waals surface area contributed by atoms with Crippen molar-refractivity contribution in [1.29, 1.82) is 0 Å². The summed E-state index contributed by atoms with van der Waals surface area (Å²) in [6.45, 7) is 8.06. The van der Waals surface area contributed by atoms with E-state index in [4.69, 9.17) is 15.2 Å². The van der Waals surface area contributed by atoms with Crippen molar-refractivity contribution in [2.45, 2.75) is 26.8 Å². The second-order valence-electron chi connectivity index (χ2n) is 4.47. The summed E-state index contributed by atoms with van der Waals surface area (Å²) in [5, 5.41) is 0. The number of aryl methyl sites for hydroxylation is 3. The Morgan fingerprint density at radius 3 is 2.35 bits per heavy atom. The molecule has 0 aliphatic heterocycles. The molecule has 3 nitrogen and oxygen atoms in total. The summed E-state index contributed by atoms with van der Waals surface area (Å²) in [6.07, 6.45) is 0. The highest BCUT2D eigenvalue weighted by Crippen LogP contribution is 2.20. The van der Waals surface area contributed by atoms with E-state index in [1.54, 1.807) is 7.11 Å². The summed E-state index contributed by atoms with van der Waals surface area (Å²) >= 11 is 0. The van der Waals surface area contributed by atoms with Crippen molar-refractivity contribution in [2.24, 2.45) is 5.73 Å². The van der Waals surface area contributed by atoms with Crippen LogP contribution in [0.5, 0.6) is 0 Å². The molecule has 17 heavy (non-hydrogen) atoms. The molecule has 1 atom stereocenters. The fraction of sp³-hybridized carbons (Fsp3) is 0.571. The highest BCUT2D eigenvalue weighted by molar-refractivity contribution is 5.38. The fourth-order valence-corrected chi connectivity index (χ4v) is 1.82. The Hall–Kier alpha value is -0.900. The van der Waals surface area contributed by atoms with E-state index in [0.717, 1.165) is 0 Å². The van der Waals surface area contributed by atoms with Crippen molar-refractivity contribution < 1.29 is 9.47 Å². The Labute approximate surface area is 104 Å². The molecule has 0 aromatic heterocycles. The van der Waals surface area contributed by atoms with E-state index in [1.807, 2.05) is 0 Å². The van der Waals surface area contributed by atoms with Gasteiger partial charge in [0.15, 0.2) is 0 Å². The van der Waals surface area contributed by atoms with Crippen molar-refractivity contribution in [3.05, 3.63) is 34.4 Å². The number of hydrogen-bond donors (Lipinski definition) is 1. The third-order valence-electron chi connectivity index (χ3n) is 3.01. The van der Waals surface area contributed by atoms with Crippen molar-refractivity contribution in [3.8, 4) is 0 Å². The number of ether oxygens (including phenoxy) is 2. The van der Waals surface area contributed by atoms with Gasteiger partial charge in [-0.2, -0.15) is 0 Å². The molecule has 1 unspecified atom stereocenters. The minimum Gasteiger partial charge on any atom is -0.382 e. The SMILES string of the molecule is COCCOCC(N)c1cc(C)c(C)cc1C. The molecule has 0 spiro atoms. The smallest absolute Gasteiger partial charge is 0.0701 e. The fourth-order valence-electron chi connectivity index (χ4n) is 1.82. The normalized spacial score (nSPS) is 12.8. The van der Waals surface area contributed by atoms with Gasteiger partial charge in [0.25, 0.3) is 0 Å². The molecule has 0 aliphatic carbocycles. The van der Waals surface area contributed by atoms with Gasteiger partial charge in [-0.1, -0.05) is 12.1 Å². The topological polar surface area (TPSA) is 44.5 Å². The predicted octanol–water partition coefficient (Wildman–Crippen LogP) is 2.27. The minimum atomic E-state index is -0.0637. The lowest BCUT2D eigenvalue weighted by atomic mass is 9.96. The quantitative estimate of drug-likeness (QED) is 0.772. The van der Waals surface area contributed by atoms with Crippen LogP contribution in [-0.2, 0) is 9.47 Å². The van der Waals surface area contributed by atoms with E-state index in [-0.39, 0.29) is 6.04 Å². The van der Waals surface area contributed by atoms with Gasteiger partial charge < -0.3 is 15.2 Å². The van der Waals surface area contributed by atoms with Gasteiger partial charge in [-0.15, -0.1) is 0 Å². The molecule has 96 valence electrons. The zero-order chi connectivity index (χ0) is 12.8. The highest BCUT2D eigenvalue weighted by atomic mass is 16.5. The summed E-state index contributed by atoms with van der Waals surface area (Å²) in [7, 11) is 1.66. The van der Waals surface area contributed by atoms with Gasteiger partial charge in [0.1, 0.15) is 0 Å². The summed E-state index contributed by atoms with van der Waals surface area (Å²) in [5.74, 6) is 0. The number of methoxy groups -OCH3 is 1. The van der Waals surface area contributed by atoms with Crippen molar-refractivity contribution in [1.82, 2.24) is 0 Å². The molecule has 1 aromatic rings. The Morgan fingerprint density at radius 1 is 1.06 bits per heavy atom. The predicted molar refractivity (Wildman–Crippen MR) is 70.3 cm³/mol. The van der Waals surface area contributed by atoms with Crippen LogP contribution in [0.25, 0.3) is 0 Å². The molecule has 0 amide bonds. The Kier molecular flexibility index (Phi) is 5.62. The maximum atomic E-state index is 6.13. The molecule has 0 saturated carbocycles. The molecule has 2 N–H and O–H groups in total. The number of benzene rings is 1. The van der Waals surface area contributed by atoms with Gasteiger partial charge in [-0.25, -0.2) is 0 Å². The Balaban J connectivity index is 2.62. The van der Waals surface area contributed by atoms with E-state index in [2.05, 4.69) is 32.9 Å². The Bertz CT molecular complexity index is 363. The first-order valence-corrected chi connectivity index (χ1v) is 5.96. The monoisotopic (exact) mass is 237 g/mol. The van der Waals surface area contributed by atoms with E-state index < -0.39 is 0 Å². The molecule has 0 heterocycles. The van der Waals surface area contributed by atoms with Gasteiger partial charge in [0.05, 0.1) is 25.9 Å². The van der Waals surface area contributed by atoms with Crippen molar-refractivity contribution in [2.75, 3.05) is 26.9 Å². The average Bonchev–Trinajstić information content (AvgIpc) is 2.29. The van der Waals surface area contributed by atoms with Crippen molar-refractivity contribution in [3.63, 3.8) is 0 Å². The standard InChI is InChI=1S/C14H23NO2/c1-10-7-12(3)13(8-11(10)2)14(15)9-17-6-5-16-4/h7-8,14H,5-6,9,15H2,1-4H3. The summed E-state index contributed by atoms with van der Waals surface area (Å²) < 4.78 is 10.4. The lowest BCUT2D eigenvalue weighted by Gasteiger charge is -2.17. The largest absolute Gasteiger partial charge is 0.382 e. The van der Waals surface area contributed by atoms with Crippen LogP contribution in [-0.4, -0.2) is 26.9 Å². The van der Waals surface area contributed by atoms with Gasteiger partial charge in [0.2, 0.25) is 0 Å². The first kappa shape index (κ1) is 14.2. The summed E-state index contributed by atoms with van der Waals surface area (Å²) in [4.78, 5) is 0. The van der Waals surface area contributed by atoms with E-state index in [1.165, 1.54) is 22.3 Å². The van der Waals surface area contributed by atoms with E-state index in [9.17, 15) is 0 Å². The minimum absolute atomic E-state index is 0.0637. The van der Waals surface area contributed by atoms with Crippen LogP contribution in [0.3, 0.4) is 0 Å². The van der Waals surface area contributed by atoms with Crippen LogP contribution in [0.15, 0.2) is 12.1 Å². The van der Waals surface area contributed by atoms with E-state index in [0.29, 0.717) is 19.8 Å². The third kappa shape index (κ3) is 4.11. The lowest BCUT2D eigenvalue weighted by Crippen LogP contribution is -2.19. The second-order valence-corrected chi connectivity index (χ2v) is 4.47. The van der Waals surface area contributed by atoms with E-state index >= 15 is 0 Å². The third-order valence-corrected chi connectivity index (χ3v) is 3.01. The van der Waals surface area contributed by atoms with Gasteiger partial charge in [-0.05, 0) is 43.0 Å². The van der Waals surface area contributed by atoms with Crippen LogP contribution >= 0.6 is 0 Å². The van der Waals surface area contributed by atoms with Crippen LogP contribution in [0, 0.1) is 20.8 Å². The maximum Gasteiger partial charge on any atom is 0.0701 e. The zero-order valence-electron chi connectivity index (χ0n) is 11.2. The molecule has 0 bridgehead atoms. The van der Waals surface area contributed by atoms with Crippen molar-refractivity contribution >= 4 is 0 Å². The van der Waals surface area contributed by atoms with Crippen LogP contribution in [0.1, 0.15) is 28.3 Å². The Morgan fingerprint density at radius 2 is 1.71 bits per heavy atom. The lowest BCUT2D eigenvalue weighted by molar-refractivity contribution is 0.0635. The number of hydrogen-bond acceptors (Lipinski definition) is 3. The maximum absolute atomic E-state index is 6.13. The first-order chi connectivity index (χ1) is 8.06. The molecule has 1 aromatic carbocycles. The molecular weight excluding hydrogens is 214 g/mol. The van der Waals surface area contributed by atoms with Gasteiger partial charge in [-0.3, -0.25) is 0 Å². The molecular formula is C14H23NO2. The van der Waals surface area contributed by atoms with Gasteiger partial charge >= 0.3 is 0 Å². The molecule has 1 rings (SSSR count). The second kappa shape index (κ2) is 6.74. The summed E-state index contributed by atoms with van der Waals surface area (Å²) in [5.41, 5.74) is 11.1. The van der Waals surface area contributed by atoms with Crippen LogP contribution < -0.4 is 5.73 Å². The molecule has 0 fully saturated rings. The highest BCUT2D eigenvalue weighted by Gasteiger charge is 2.10. The number of nitrogens with two attached hydrogens (primary N) is 1. The molecule has 0 saturated heterocycles. The van der Waals surface area contributed by atoms with Crippen LogP contribution in [0.4, 0.5) is 0 Å². The van der Waals surface area contributed by atoms with Gasteiger partial charge in [0, 0.05) is 7.11 Å². The molecule has 3 heteroatoms. The molecule has 0 aliphatic rings. The number of rotatable bonds is 6.